The highest BCUT2D eigenvalue weighted by Crippen LogP contribution is 2.43. The molecule has 0 aromatic rings. The van der Waals surface area contributed by atoms with Crippen molar-refractivity contribution in [2.75, 3.05) is 33.0 Å². The highest BCUT2D eigenvalue weighted by atomic mass is 31.2. The van der Waals surface area contributed by atoms with E-state index in [9.17, 15) is 14.3 Å². The number of carbonyl (C=O) groups is 1. The Balaban J connectivity index is 4.06. The molecule has 0 heterocycles. The second-order valence-corrected chi connectivity index (χ2v) is 16.7. The molecule has 0 bridgehead atoms. The van der Waals surface area contributed by atoms with E-state index in [0.29, 0.717) is 13.0 Å². The molecule has 0 fully saturated rings. The SMILES string of the molecule is CC/C=C\C/C=C\C/C=C\C/C=C\C/C=C\CCCCCCCCOCC(COP(=O)(O)OCCN)OC(=O)CCCCCCCCC/C=C\C/C=C\CCCCCC. The summed E-state index contributed by atoms with van der Waals surface area (Å²) in [4.78, 5) is 22.5. The van der Waals surface area contributed by atoms with Crippen molar-refractivity contribution >= 4 is 13.8 Å². The number of ether oxygens (including phenoxy) is 2. The summed E-state index contributed by atoms with van der Waals surface area (Å²) < 4.78 is 33.5. The number of phosphoric ester groups is 1. The van der Waals surface area contributed by atoms with Crippen LogP contribution in [-0.2, 0) is 27.9 Å². The number of carbonyl (C=O) groups excluding carboxylic acids is 1. The largest absolute Gasteiger partial charge is 0.472 e. The smallest absolute Gasteiger partial charge is 0.457 e. The Hall–Kier alpha value is -2.32. The Kier molecular flexibility index (Phi) is 44.9. The predicted octanol–water partition coefficient (Wildman–Crippen LogP) is 14.5. The third kappa shape index (κ3) is 46.6. The van der Waals surface area contributed by atoms with Gasteiger partial charge in [-0.05, 0) is 89.9 Å². The summed E-state index contributed by atoms with van der Waals surface area (Å²) in [5.41, 5.74) is 5.38. The van der Waals surface area contributed by atoms with Crippen LogP contribution < -0.4 is 5.73 Å². The Morgan fingerprint density at radius 3 is 1.42 bits per heavy atom. The van der Waals surface area contributed by atoms with Crippen LogP contribution in [-0.4, -0.2) is 49.9 Å². The number of phosphoric acid groups is 1. The first-order valence-corrected chi connectivity index (χ1v) is 25.1. The van der Waals surface area contributed by atoms with Crippen molar-refractivity contribution in [1.82, 2.24) is 0 Å². The van der Waals surface area contributed by atoms with Gasteiger partial charge < -0.3 is 20.1 Å². The van der Waals surface area contributed by atoms with Crippen LogP contribution >= 0.6 is 7.82 Å². The van der Waals surface area contributed by atoms with Gasteiger partial charge in [-0.15, -0.1) is 0 Å². The number of allylic oxidation sites excluding steroid dienone is 14. The van der Waals surface area contributed by atoms with E-state index in [1.807, 2.05) is 0 Å². The molecule has 0 rings (SSSR count). The summed E-state index contributed by atoms with van der Waals surface area (Å²) in [7, 11) is -4.29. The zero-order valence-corrected chi connectivity index (χ0v) is 38.6. The zero-order chi connectivity index (χ0) is 43.0. The maximum absolute atomic E-state index is 12.6. The van der Waals surface area contributed by atoms with Crippen LogP contribution in [0.25, 0.3) is 0 Å². The second-order valence-electron chi connectivity index (χ2n) is 15.2. The highest BCUT2D eigenvalue weighted by molar-refractivity contribution is 7.47. The maximum atomic E-state index is 12.6. The minimum atomic E-state index is -4.29. The van der Waals surface area contributed by atoms with Gasteiger partial charge in [0.05, 0.1) is 19.8 Å². The van der Waals surface area contributed by atoms with Crippen molar-refractivity contribution in [3.8, 4) is 0 Å². The molecule has 8 nitrogen and oxygen atoms in total. The van der Waals surface area contributed by atoms with Crippen LogP contribution in [0.5, 0.6) is 0 Å². The van der Waals surface area contributed by atoms with Crippen molar-refractivity contribution in [3.05, 3.63) is 85.1 Å². The third-order valence-corrected chi connectivity index (χ3v) is 10.5. The first-order valence-electron chi connectivity index (χ1n) is 23.6. The molecule has 0 aromatic carbocycles. The summed E-state index contributed by atoms with van der Waals surface area (Å²) >= 11 is 0. The Labute approximate surface area is 362 Å². The van der Waals surface area contributed by atoms with E-state index in [0.717, 1.165) is 89.9 Å². The van der Waals surface area contributed by atoms with Crippen LogP contribution in [0.1, 0.15) is 187 Å². The summed E-state index contributed by atoms with van der Waals surface area (Å²) in [6, 6.07) is 0. The van der Waals surface area contributed by atoms with E-state index in [4.69, 9.17) is 24.3 Å². The van der Waals surface area contributed by atoms with Crippen molar-refractivity contribution < 1.29 is 32.8 Å². The zero-order valence-electron chi connectivity index (χ0n) is 37.7. The molecule has 0 aliphatic carbocycles. The average Bonchev–Trinajstić information content (AvgIpc) is 3.23. The number of esters is 1. The van der Waals surface area contributed by atoms with Gasteiger partial charge in [0.2, 0.25) is 0 Å². The Morgan fingerprint density at radius 1 is 0.525 bits per heavy atom. The molecule has 59 heavy (non-hydrogen) atoms. The summed E-state index contributed by atoms with van der Waals surface area (Å²) in [5.74, 6) is -0.347. The van der Waals surface area contributed by atoms with Crippen LogP contribution in [0, 0.1) is 0 Å². The topological polar surface area (TPSA) is 117 Å². The molecule has 0 aliphatic heterocycles. The average molecular weight is 846 g/mol. The molecule has 0 amide bonds. The number of hydrogen-bond acceptors (Lipinski definition) is 7. The van der Waals surface area contributed by atoms with Gasteiger partial charge in [0.15, 0.2) is 0 Å². The lowest BCUT2D eigenvalue weighted by Crippen LogP contribution is -2.28. The van der Waals surface area contributed by atoms with Gasteiger partial charge in [0.25, 0.3) is 0 Å². The van der Waals surface area contributed by atoms with Gasteiger partial charge >= 0.3 is 13.8 Å². The van der Waals surface area contributed by atoms with Gasteiger partial charge in [0, 0.05) is 19.6 Å². The number of nitrogens with two attached hydrogens (primary N) is 1. The lowest BCUT2D eigenvalue weighted by molar-refractivity contribution is -0.154. The summed E-state index contributed by atoms with van der Waals surface area (Å²) in [5, 5.41) is 0. The van der Waals surface area contributed by atoms with Crippen LogP contribution in [0.4, 0.5) is 0 Å². The van der Waals surface area contributed by atoms with E-state index in [1.165, 1.54) is 77.0 Å². The van der Waals surface area contributed by atoms with Crippen molar-refractivity contribution in [2.45, 2.75) is 193 Å². The molecule has 0 aliphatic rings. The van der Waals surface area contributed by atoms with Gasteiger partial charge in [-0.25, -0.2) is 4.57 Å². The molecule has 2 unspecified atom stereocenters. The molecular weight excluding hydrogens is 758 g/mol. The number of rotatable bonds is 44. The number of hydrogen-bond donors (Lipinski definition) is 2. The molecule has 2 atom stereocenters. The lowest BCUT2D eigenvalue weighted by Gasteiger charge is -2.20. The molecule has 9 heteroatoms. The molecule has 0 saturated heterocycles. The Bertz CT molecular complexity index is 1180. The summed E-state index contributed by atoms with van der Waals surface area (Å²) in [6.45, 7) is 4.73. The first-order chi connectivity index (χ1) is 28.9. The lowest BCUT2D eigenvalue weighted by atomic mass is 10.1. The molecule has 0 radical (unpaired) electrons. The normalized spacial score (nSPS) is 14.2. The van der Waals surface area contributed by atoms with E-state index < -0.39 is 13.9 Å². The van der Waals surface area contributed by atoms with E-state index in [2.05, 4.69) is 98.9 Å². The van der Waals surface area contributed by atoms with Crippen molar-refractivity contribution in [3.63, 3.8) is 0 Å². The van der Waals surface area contributed by atoms with E-state index in [-0.39, 0.29) is 32.3 Å². The van der Waals surface area contributed by atoms with Gasteiger partial charge in [0.1, 0.15) is 6.10 Å². The van der Waals surface area contributed by atoms with Crippen molar-refractivity contribution in [1.29, 1.82) is 0 Å². The van der Waals surface area contributed by atoms with E-state index >= 15 is 0 Å². The van der Waals surface area contributed by atoms with E-state index in [1.54, 1.807) is 0 Å². The molecule has 0 saturated carbocycles. The minimum Gasteiger partial charge on any atom is -0.457 e. The fourth-order valence-corrected chi connectivity index (χ4v) is 6.88. The Morgan fingerprint density at radius 2 is 0.949 bits per heavy atom. The summed E-state index contributed by atoms with van der Waals surface area (Å²) in [6.07, 6.45) is 60.3. The minimum absolute atomic E-state index is 0.0918. The predicted molar refractivity (Wildman–Crippen MR) is 251 cm³/mol. The van der Waals surface area contributed by atoms with Crippen LogP contribution in [0.3, 0.4) is 0 Å². The third-order valence-electron chi connectivity index (χ3n) is 9.55. The molecule has 340 valence electrons. The molecule has 3 N–H and O–H groups in total. The fraction of sp³-hybridized carbons (Fsp3) is 0.700. The monoisotopic (exact) mass is 846 g/mol. The molecule has 0 spiro atoms. The van der Waals surface area contributed by atoms with Gasteiger partial charge in [-0.3, -0.25) is 13.8 Å². The standard InChI is InChI=1S/C50H88NO7P/c1-3-5-7-9-11-13-15-17-19-21-23-24-25-26-28-30-32-34-36-38-40-42-45-55-47-49(48-57-59(53,54)56-46-44-51)58-50(52)43-41-39-37-35-33-31-29-27-22-20-18-16-14-12-10-8-6-4-2/h5,7,11,13-14,16-17,19-20,22-24,26,28,49H,3-4,6,8-10,12,15,18,21,25,27,29-48,51H2,1-2H3,(H,53,54)/b7-5-,13-11-,16-14-,19-17-,22-20-,24-23-,28-26-. The second kappa shape index (κ2) is 46.7. The maximum Gasteiger partial charge on any atom is 0.472 e. The quantitative estimate of drug-likeness (QED) is 0.0269. The van der Waals surface area contributed by atoms with Crippen molar-refractivity contribution in [2.24, 2.45) is 5.73 Å². The van der Waals surface area contributed by atoms with Gasteiger partial charge in [-0.1, -0.05) is 176 Å². The first kappa shape index (κ1) is 56.7. The fourth-order valence-electron chi connectivity index (χ4n) is 6.11. The molecule has 0 aromatic heterocycles. The number of unbranched alkanes of at least 4 members (excludes halogenated alkanes) is 17. The highest BCUT2D eigenvalue weighted by Gasteiger charge is 2.25. The van der Waals surface area contributed by atoms with Crippen LogP contribution in [0.2, 0.25) is 0 Å². The molecular formula is C50H88NO7P. The van der Waals surface area contributed by atoms with Crippen LogP contribution in [0.15, 0.2) is 85.1 Å². The van der Waals surface area contributed by atoms with Gasteiger partial charge in [-0.2, -0.15) is 0 Å².